The van der Waals surface area contributed by atoms with Crippen molar-refractivity contribution in [2.24, 2.45) is 0 Å². The van der Waals surface area contributed by atoms with Crippen molar-refractivity contribution in [3.63, 3.8) is 0 Å². The average molecular weight is 523 g/mol. The van der Waals surface area contributed by atoms with Gasteiger partial charge in [0.1, 0.15) is 34.9 Å². The fourth-order valence-electron chi connectivity index (χ4n) is 4.05. The third-order valence-electron chi connectivity index (χ3n) is 5.81. The van der Waals surface area contributed by atoms with Crippen LogP contribution in [0.3, 0.4) is 0 Å². The lowest BCUT2D eigenvalue weighted by Crippen LogP contribution is -2.29. The van der Waals surface area contributed by atoms with Gasteiger partial charge in [-0.25, -0.2) is 14.2 Å². The summed E-state index contributed by atoms with van der Waals surface area (Å²) >= 11 is 0.837. The molecule has 1 aliphatic rings. The van der Waals surface area contributed by atoms with Gasteiger partial charge in [-0.3, -0.25) is 14.5 Å². The van der Waals surface area contributed by atoms with E-state index in [9.17, 15) is 19.5 Å². The van der Waals surface area contributed by atoms with E-state index in [1.165, 1.54) is 31.4 Å². The van der Waals surface area contributed by atoms with Gasteiger partial charge in [-0.2, -0.15) is 0 Å². The number of amides is 1. The number of thiazole rings is 1. The van der Waals surface area contributed by atoms with Crippen molar-refractivity contribution in [1.82, 2.24) is 4.98 Å². The normalized spacial score (nSPS) is 16.6. The van der Waals surface area contributed by atoms with Crippen LogP contribution in [0.25, 0.3) is 5.76 Å². The Balaban J connectivity index is 1.91. The number of aliphatic hydroxyl groups excluding tert-OH is 1. The first-order valence-electron chi connectivity index (χ1n) is 11.2. The SMILES string of the molecule is C=CCOc1ccc(C(O)=C2C(=O)C(=O)N(c3nc(C)c(C(=O)OC)s3)C2c2ccccc2F)cc1C. The van der Waals surface area contributed by atoms with Crippen LogP contribution in [-0.4, -0.2) is 41.5 Å². The highest BCUT2D eigenvalue weighted by molar-refractivity contribution is 7.17. The molecule has 2 heterocycles. The van der Waals surface area contributed by atoms with Crippen LogP contribution in [0.1, 0.15) is 38.1 Å². The third kappa shape index (κ3) is 4.63. The van der Waals surface area contributed by atoms with Gasteiger partial charge in [0.2, 0.25) is 0 Å². The standard InChI is InChI=1S/C27H23FN2O6S/c1-5-12-36-19-11-10-16(13-14(19)2)22(31)20-21(17-8-6-7-9-18(17)28)30(25(33)23(20)32)27-29-15(3)24(37-27)26(34)35-4/h5-11,13,21,31H,1,12H2,2-4H3. The summed E-state index contributed by atoms with van der Waals surface area (Å²) in [6, 6.07) is 9.08. The molecule has 1 unspecified atom stereocenters. The summed E-state index contributed by atoms with van der Waals surface area (Å²) in [5.41, 5.74) is 0.876. The molecule has 1 saturated heterocycles. The number of ketones is 1. The number of methoxy groups -OCH3 is 1. The summed E-state index contributed by atoms with van der Waals surface area (Å²) in [5, 5.41) is 11.3. The molecule has 4 rings (SSSR count). The molecule has 0 radical (unpaired) electrons. The van der Waals surface area contributed by atoms with Crippen LogP contribution in [0.4, 0.5) is 9.52 Å². The number of halogens is 1. The van der Waals surface area contributed by atoms with Crippen molar-refractivity contribution < 1.29 is 33.4 Å². The Morgan fingerprint density at radius 2 is 1.97 bits per heavy atom. The number of hydrogen-bond acceptors (Lipinski definition) is 8. The van der Waals surface area contributed by atoms with Crippen molar-refractivity contribution in [3.05, 3.63) is 93.8 Å². The van der Waals surface area contributed by atoms with E-state index in [-0.39, 0.29) is 39.0 Å². The molecule has 37 heavy (non-hydrogen) atoms. The molecule has 1 aliphatic heterocycles. The van der Waals surface area contributed by atoms with Crippen LogP contribution in [0, 0.1) is 19.7 Å². The van der Waals surface area contributed by atoms with Crippen molar-refractivity contribution in [2.75, 3.05) is 18.6 Å². The van der Waals surface area contributed by atoms with Crippen molar-refractivity contribution in [1.29, 1.82) is 0 Å². The third-order valence-corrected chi connectivity index (χ3v) is 6.95. The highest BCUT2D eigenvalue weighted by Crippen LogP contribution is 2.44. The van der Waals surface area contributed by atoms with Gasteiger partial charge < -0.3 is 14.6 Å². The van der Waals surface area contributed by atoms with Gasteiger partial charge in [0.05, 0.1) is 18.4 Å². The largest absolute Gasteiger partial charge is 0.507 e. The molecule has 1 atom stereocenters. The topological polar surface area (TPSA) is 106 Å². The van der Waals surface area contributed by atoms with Crippen molar-refractivity contribution in [2.45, 2.75) is 19.9 Å². The molecule has 190 valence electrons. The van der Waals surface area contributed by atoms with E-state index in [1.807, 2.05) is 0 Å². The zero-order valence-corrected chi connectivity index (χ0v) is 21.1. The van der Waals surface area contributed by atoms with E-state index in [1.54, 1.807) is 38.1 Å². The number of esters is 1. The van der Waals surface area contributed by atoms with Gasteiger partial charge in [0, 0.05) is 11.1 Å². The monoisotopic (exact) mass is 522 g/mol. The molecule has 1 N–H and O–H groups in total. The number of carbonyl (C=O) groups is 3. The Bertz CT molecular complexity index is 1460. The number of anilines is 1. The summed E-state index contributed by atoms with van der Waals surface area (Å²) in [5.74, 6) is -3.29. The molecule has 3 aromatic rings. The van der Waals surface area contributed by atoms with Crippen molar-refractivity contribution >= 4 is 39.9 Å². The first kappa shape index (κ1) is 25.8. The predicted octanol–water partition coefficient (Wildman–Crippen LogP) is 4.88. The minimum Gasteiger partial charge on any atom is -0.507 e. The number of aliphatic hydroxyl groups is 1. The lowest BCUT2D eigenvalue weighted by atomic mass is 9.94. The minimum atomic E-state index is -1.32. The van der Waals surface area contributed by atoms with E-state index < -0.39 is 35.3 Å². The molecular formula is C27H23FN2O6S. The van der Waals surface area contributed by atoms with Crippen LogP contribution in [0.2, 0.25) is 0 Å². The Hall–Kier alpha value is -4.31. The maximum Gasteiger partial charge on any atom is 0.350 e. The zero-order chi connectivity index (χ0) is 26.9. The first-order valence-corrected chi connectivity index (χ1v) is 12.0. The summed E-state index contributed by atoms with van der Waals surface area (Å²) in [4.78, 5) is 44.2. The second-order valence-corrected chi connectivity index (χ2v) is 9.15. The molecule has 0 aliphatic carbocycles. The molecule has 1 amide bonds. The van der Waals surface area contributed by atoms with Crippen LogP contribution in [-0.2, 0) is 14.3 Å². The molecule has 2 aromatic carbocycles. The number of benzene rings is 2. The number of aromatic nitrogens is 1. The molecule has 1 aromatic heterocycles. The number of hydrogen-bond donors (Lipinski definition) is 1. The molecule has 10 heteroatoms. The van der Waals surface area contributed by atoms with E-state index in [4.69, 9.17) is 9.47 Å². The van der Waals surface area contributed by atoms with Crippen LogP contribution in [0.15, 0.2) is 60.7 Å². The average Bonchev–Trinajstić information content (AvgIpc) is 3.39. The molecule has 0 bridgehead atoms. The molecule has 8 nitrogen and oxygen atoms in total. The fourth-order valence-corrected chi connectivity index (χ4v) is 5.06. The second kappa shape index (κ2) is 10.4. The number of nitrogens with zero attached hydrogens (tertiary/aromatic N) is 2. The highest BCUT2D eigenvalue weighted by Gasteiger charge is 2.49. The predicted molar refractivity (Wildman–Crippen MR) is 136 cm³/mol. The first-order chi connectivity index (χ1) is 17.7. The number of Topliss-reactive ketones (excluding diaryl/α,β-unsaturated/α-hetero) is 1. The maximum absolute atomic E-state index is 15.1. The van der Waals surface area contributed by atoms with E-state index in [2.05, 4.69) is 11.6 Å². The van der Waals surface area contributed by atoms with Gasteiger partial charge in [-0.15, -0.1) is 0 Å². The number of rotatable bonds is 7. The van der Waals surface area contributed by atoms with Gasteiger partial charge in [0.15, 0.2) is 5.13 Å². The van der Waals surface area contributed by atoms with Crippen LogP contribution >= 0.6 is 11.3 Å². The van der Waals surface area contributed by atoms with Crippen LogP contribution < -0.4 is 9.64 Å². The summed E-state index contributed by atoms with van der Waals surface area (Å²) in [6.07, 6.45) is 1.59. The molecule has 0 saturated carbocycles. The van der Waals surface area contributed by atoms with Gasteiger partial charge in [-0.05, 0) is 43.7 Å². The van der Waals surface area contributed by atoms with E-state index >= 15 is 4.39 Å². The number of aryl methyl sites for hydroxylation is 2. The minimum absolute atomic E-state index is 0.00310. The van der Waals surface area contributed by atoms with Crippen molar-refractivity contribution in [3.8, 4) is 5.75 Å². The zero-order valence-electron chi connectivity index (χ0n) is 20.3. The number of ether oxygens (including phenoxy) is 2. The Morgan fingerprint density at radius 1 is 1.24 bits per heavy atom. The highest BCUT2D eigenvalue weighted by atomic mass is 32.1. The second-order valence-electron chi connectivity index (χ2n) is 8.17. The van der Waals surface area contributed by atoms with Crippen LogP contribution in [0.5, 0.6) is 5.75 Å². The quantitative estimate of drug-likeness (QED) is 0.155. The summed E-state index contributed by atoms with van der Waals surface area (Å²) < 4.78 is 25.4. The summed E-state index contributed by atoms with van der Waals surface area (Å²) in [6.45, 7) is 7.21. The lowest BCUT2D eigenvalue weighted by Gasteiger charge is -2.23. The number of carbonyl (C=O) groups excluding carboxylic acids is 3. The fraction of sp³-hybridized carbons (Fsp3) is 0.185. The molecule has 1 fully saturated rings. The molecule has 0 spiro atoms. The summed E-state index contributed by atoms with van der Waals surface area (Å²) in [7, 11) is 1.21. The lowest BCUT2D eigenvalue weighted by molar-refractivity contribution is -0.132. The Labute approximate surface area is 216 Å². The Kier molecular flexibility index (Phi) is 7.21. The van der Waals surface area contributed by atoms with Gasteiger partial charge >= 0.3 is 11.9 Å². The van der Waals surface area contributed by atoms with Gasteiger partial charge in [-0.1, -0.05) is 42.2 Å². The Morgan fingerprint density at radius 3 is 2.62 bits per heavy atom. The van der Waals surface area contributed by atoms with Gasteiger partial charge in [0.25, 0.3) is 5.78 Å². The van der Waals surface area contributed by atoms with E-state index in [0.29, 0.717) is 11.3 Å². The molecular weight excluding hydrogens is 499 g/mol. The smallest absolute Gasteiger partial charge is 0.350 e. The van der Waals surface area contributed by atoms with E-state index in [0.717, 1.165) is 16.2 Å². The maximum atomic E-state index is 15.1.